The molecule has 0 atom stereocenters. The highest BCUT2D eigenvalue weighted by Crippen LogP contribution is 2.44. The Kier molecular flexibility index (Phi) is 5.03. The lowest BCUT2D eigenvalue weighted by molar-refractivity contribution is 0.104. The van der Waals surface area contributed by atoms with Gasteiger partial charge in [0.05, 0.1) is 17.0 Å². The summed E-state index contributed by atoms with van der Waals surface area (Å²) < 4.78 is 0. The molecule has 0 heterocycles. The molecule has 0 radical (unpaired) electrons. The number of phenols is 1. The summed E-state index contributed by atoms with van der Waals surface area (Å²) in [4.78, 5) is 12.7. The highest BCUT2D eigenvalue weighted by atomic mass is 16.3. The van der Waals surface area contributed by atoms with E-state index in [1.54, 1.807) is 0 Å². The minimum absolute atomic E-state index is 0.0208. The van der Waals surface area contributed by atoms with Gasteiger partial charge in [-0.05, 0) is 73.4 Å². The van der Waals surface area contributed by atoms with Crippen molar-refractivity contribution in [1.29, 1.82) is 5.41 Å². The Morgan fingerprint density at radius 2 is 1.79 bits per heavy atom. The molecule has 3 N–H and O–H groups in total. The standard InChI is InChI=1S/C24H26N2O2/c1-2-15-8-10-16(11-9-15)18-14-20(26-17-6-4-3-5-7-17)24(28)23-19(25)12-13-21(27)22(18)23/h3-7,12-16,25-26,28H,2,8-11H2,1H3. The fourth-order valence-corrected chi connectivity index (χ4v) is 4.52. The Morgan fingerprint density at radius 3 is 2.46 bits per heavy atom. The normalized spacial score (nSPS) is 21.5. The number of fused-ring (bicyclic) bond motifs is 1. The van der Waals surface area contributed by atoms with Gasteiger partial charge in [-0.25, -0.2) is 0 Å². The lowest BCUT2D eigenvalue weighted by atomic mass is 9.74. The average molecular weight is 374 g/mol. The van der Waals surface area contributed by atoms with E-state index in [1.807, 2.05) is 36.4 Å². The zero-order valence-corrected chi connectivity index (χ0v) is 16.2. The highest BCUT2D eigenvalue weighted by molar-refractivity contribution is 6.25. The number of para-hydroxylation sites is 1. The Balaban J connectivity index is 1.80. The van der Waals surface area contributed by atoms with Crippen LogP contribution in [-0.4, -0.2) is 16.6 Å². The molecular formula is C24H26N2O2. The van der Waals surface area contributed by atoms with E-state index >= 15 is 0 Å². The minimum atomic E-state index is -0.111. The van der Waals surface area contributed by atoms with Crippen LogP contribution >= 0.6 is 0 Å². The van der Waals surface area contributed by atoms with Crippen molar-refractivity contribution in [3.05, 3.63) is 65.2 Å². The van der Waals surface area contributed by atoms with Crippen molar-refractivity contribution in [2.24, 2.45) is 5.92 Å². The molecule has 0 saturated heterocycles. The zero-order valence-electron chi connectivity index (χ0n) is 16.2. The quantitative estimate of drug-likeness (QED) is 0.580. The summed E-state index contributed by atoms with van der Waals surface area (Å²) in [7, 11) is 0. The van der Waals surface area contributed by atoms with Gasteiger partial charge in [-0.15, -0.1) is 0 Å². The van der Waals surface area contributed by atoms with Crippen LogP contribution in [0.5, 0.6) is 5.75 Å². The highest BCUT2D eigenvalue weighted by Gasteiger charge is 2.31. The van der Waals surface area contributed by atoms with Crippen LogP contribution in [0.4, 0.5) is 11.4 Å². The van der Waals surface area contributed by atoms with Gasteiger partial charge in [0.25, 0.3) is 0 Å². The first-order valence-electron chi connectivity index (χ1n) is 10.1. The van der Waals surface area contributed by atoms with Crippen molar-refractivity contribution >= 4 is 22.9 Å². The summed E-state index contributed by atoms with van der Waals surface area (Å²) in [5, 5.41) is 22.5. The number of carbonyl (C=O) groups excluding carboxylic acids is 1. The first-order chi connectivity index (χ1) is 13.6. The smallest absolute Gasteiger partial charge is 0.187 e. The molecule has 0 spiro atoms. The van der Waals surface area contributed by atoms with Gasteiger partial charge >= 0.3 is 0 Å². The number of phenolic OH excluding ortho intramolecular Hbond substituents is 1. The number of hydrogen-bond acceptors (Lipinski definition) is 4. The largest absolute Gasteiger partial charge is 0.505 e. The maximum absolute atomic E-state index is 12.7. The number of rotatable bonds is 4. The maximum Gasteiger partial charge on any atom is 0.187 e. The van der Waals surface area contributed by atoms with E-state index in [0.29, 0.717) is 16.8 Å². The summed E-state index contributed by atoms with van der Waals surface area (Å²) in [6, 6.07) is 11.6. The summed E-state index contributed by atoms with van der Waals surface area (Å²) in [6.07, 6.45) is 8.56. The third-order valence-corrected chi connectivity index (χ3v) is 6.16. The van der Waals surface area contributed by atoms with Crippen molar-refractivity contribution in [3.8, 4) is 5.75 Å². The molecule has 0 aliphatic heterocycles. The van der Waals surface area contributed by atoms with Crippen LogP contribution < -0.4 is 5.32 Å². The van der Waals surface area contributed by atoms with Gasteiger partial charge in [0.15, 0.2) is 5.78 Å². The summed E-state index contributed by atoms with van der Waals surface area (Å²) in [6.45, 7) is 2.24. The van der Waals surface area contributed by atoms with Gasteiger partial charge in [0.2, 0.25) is 0 Å². The molecular weight excluding hydrogens is 348 g/mol. The SMILES string of the molecule is CCC1CCC(c2cc(Nc3ccccc3)c(O)c3c2C(=O)C=CC3=N)CC1. The molecule has 144 valence electrons. The molecule has 4 nitrogen and oxygen atoms in total. The van der Waals surface area contributed by atoms with Crippen LogP contribution in [0.25, 0.3) is 0 Å². The second kappa shape index (κ2) is 7.63. The molecule has 2 aliphatic rings. The Morgan fingerprint density at radius 1 is 1.07 bits per heavy atom. The van der Waals surface area contributed by atoms with Gasteiger partial charge in [0, 0.05) is 11.3 Å². The van der Waals surface area contributed by atoms with Gasteiger partial charge in [-0.1, -0.05) is 31.5 Å². The van der Waals surface area contributed by atoms with E-state index in [1.165, 1.54) is 31.4 Å². The molecule has 0 aromatic heterocycles. The molecule has 2 aromatic carbocycles. The molecule has 0 amide bonds. The number of aromatic hydroxyl groups is 1. The Labute approximate surface area is 165 Å². The van der Waals surface area contributed by atoms with Crippen molar-refractivity contribution in [1.82, 2.24) is 0 Å². The topological polar surface area (TPSA) is 73.2 Å². The van der Waals surface area contributed by atoms with E-state index in [2.05, 4.69) is 12.2 Å². The second-order valence-corrected chi connectivity index (χ2v) is 7.84. The van der Waals surface area contributed by atoms with Crippen molar-refractivity contribution in [3.63, 3.8) is 0 Å². The summed E-state index contributed by atoms with van der Waals surface area (Å²) >= 11 is 0. The maximum atomic E-state index is 12.7. The van der Waals surface area contributed by atoms with E-state index in [0.717, 1.165) is 30.0 Å². The number of ketones is 1. The number of nitrogens with one attached hydrogen (secondary N) is 2. The lowest BCUT2D eigenvalue weighted by Crippen LogP contribution is -2.20. The molecule has 2 aromatic rings. The summed E-state index contributed by atoms with van der Waals surface area (Å²) in [5.74, 6) is 0.921. The van der Waals surface area contributed by atoms with E-state index < -0.39 is 0 Å². The lowest BCUT2D eigenvalue weighted by Gasteiger charge is -2.31. The second-order valence-electron chi connectivity index (χ2n) is 7.84. The Hall–Kier alpha value is -2.88. The van der Waals surface area contributed by atoms with Crippen LogP contribution in [0.3, 0.4) is 0 Å². The van der Waals surface area contributed by atoms with Crippen molar-refractivity contribution < 1.29 is 9.90 Å². The molecule has 1 fully saturated rings. The third kappa shape index (κ3) is 3.35. The van der Waals surface area contributed by atoms with E-state index in [4.69, 9.17) is 5.41 Å². The molecule has 4 rings (SSSR count). The van der Waals surface area contributed by atoms with Gasteiger partial charge < -0.3 is 15.8 Å². The third-order valence-electron chi connectivity index (χ3n) is 6.16. The van der Waals surface area contributed by atoms with Gasteiger partial charge in [-0.3, -0.25) is 4.79 Å². The predicted octanol–water partition coefficient (Wildman–Crippen LogP) is 5.94. The van der Waals surface area contributed by atoms with Crippen LogP contribution in [0.1, 0.15) is 66.4 Å². The first kappa shape index (κ1) is 18.5. The van der Waals surface area contributed by atoms with Crippen LogP contribution in [0, 0.1) is 11.3 Å². The first-order valence-corrected chi connectivity index (χ1v) is 10.1. The zero-order chi connectivity index (χ0) is 19.7. The van der Waals surface area contributed by atoms with Gasteiger partial charge in [0.1, 0.15) is 5.75 Å². The van der Waals surface area contributed by atoms with Gasteiger partial charge in [-0.2, -0.15) is 0 Å². The summed E-state index contributed by atoms with van der Waals surface area (Å²) in [5.41, 5.74) is 3.46. The molecule has 2 aliphatic carbocycles. The molecule has 0 bridgehead atoms. The number of anilines is 2. The van der Waals surface area contributed by atoms with Crippen molar-refractivity contribution in [2.75, 3.05) is 5.32 Å². The Bertz CT molecular complexity index is 939. The van der Waals surface area contributed by atoms with Crippen LogP contribution in [0.2, 0.25) is 0 Å². The number of hydrogen-bond donors (Lipinski definition) is 3. The molecule has 0 unspecified atom stereocenters. The molecule has 4 heteroatoms. The van der Waals surface area contributed by atoms with Crippen molar-refractivity contribution in [2.45, 2.75) is 44.9 Å². The number of benzene rings is 2. The van der Waals surface area contributed by atoms with E-state index in [-0.39, 0.29) is 23.2 Å². The minimum Gasteiger partial charge on any atom is -0.505 e. The van der Waals surface area contributed by atoms with Crippen LogP contribution in [-0.2, 0) is 0 Å². The molecule has 28 heavy (non-hydrogen) atoms. The molecule has 1 saturated carbocycles. The van der Waals surface area contributed by atoms with E-state index in [9.17, 15) is 9.90 Å². The number of carbonyl (C=O) groups is 1. The average Bonchev–Trinajstić information content (AvgIpc) is 2.73. The van der Waals surface area contributed by atoms with Crippen LogP contribution in [0.15, 0.2) is 48.6 Å². The fraction of sp³-hybridized carbons (Fsp3) is 0.333. The fourth-order valence-electron chi connectivity index (χ4n) is 4.52. The number of allylic oxidation sites excluding steroid dienone is 2. The monoisotopic (exact) mass is 374 g/mol. The predicted molar refractivity (Wildman–Crippen MR) is 113 cm³/mol.